The van der Waals surface area contributed by atoms with Crippen LogP contribution in [0.15, 0.2) is 12.1 Å². The summed E-state index contributed by atoms with van der Waals surface area (Å²) in [5, 5.41) is 0. The Balaban J connectivity index is 2.46. The SMILES string of the molecule is CCC[CH2][Sn]([CH2]CCC)([CH2]CCC)[c]1ccc2c(c1C)COC2=O. The van der Waals surface area contributed by atoms with Crippen molar-refractivity contribution in [1.82, 2.24) is 0 Å². The molecule has 0 aliphatic carbocycles. The van der Waals surface area contributed by atoms with E-state index in [9.17, 15) is 4.79 Å². The predicted molar refractivity (Wildman–Crippen MR) is 105 cm³/mol. The molecule has 0 spiro atoms. The van der Waals surface area contributed by atoms with E-state index in [1.807, 2.05) is 0 Å². The van der Waals surface area contributed by atoms with Crippen LogP contribution in [0.2, 0.25) is 13.3 Å². The molecule has 134 valence electrons. The summed E-state index contributed by atoms with van der Waals surface area (Å²) in [4.78, 5) is 11.9. The summed E-state index contributed by atoms with van der Waals surface area (Å²) in [7, 11) is 0. The third-order valence-corrected chi connectivity index (χ3v) is 21.8. The van der Waals surface area contributed by atoms with Gasteiger partial charge < -0.3 is 0 Å². The molecule has 3 heteroatoms. The van der Waals surface area contributed by atoms with Crippen molar-refractivity contribution in [2.45, 2.75) is 86.1 Å². The van der Waals surface area contributed by atoms with Gasteiger partial charge in [0.05, 0.1) is 0 Å². The minimum atomic E-state index is -2.42. The molecule has 0 saturated heterocycles. The van der Waals surface area contributed by atoms with Crippen molar-refractivity contribution in [3.63, 3.8) is 0 Å². The van der Waals surface area contributed by atoms with E-state index in [1.54, 1.807) is 3.58 Å². The van der Waals surface area contributed by atoms with E-state index in [4.69, 9.17) is 4.74 Å². The summed E-state index contributed by atoms with van der Waals surface area (Å²) in [5.41, 5.74) is 3.40. The Labute approximate surface area is 152 Å². The quantitative estimate of drug-likeness (QED) is 0.346. The zero-order valence-electron chi connectivity index (χ0n) is 16.0. The number of carbonyl (C=O) groups excluding carboxylic acids is 1. The zero-order chi connectivity index (χ0) is 17.6. The van der Waals surface area contributed by atoms with Gasteiger partial charge in [0.1, 0.15) is 0 Å². The second kappa shape index (κ2) is 9.26. The van der Waals surface area contributed by atoms with E-state index in [0.717, 1.165) is 5.56 Å². The summed E-state index contributed by atoms with van der Waals surface area (Å²) in [6, 6.07) is 4.40. The second-order valence-electron chi connectivity index (χ2n) is 7.43. The van der Waals surface area contributed by atoms with Gasteiger partial charge in [-0.15, -0.1) is 0 Å². The van der Waals surface area contributed by atoms with Crippen LogP contribution >= 0.6 is 0 Å². The molecule has 0 atom stereocenters. The van der Waals surface area contributed by atoms with Gasteiger partial charge in [0.2, 0.25) is 0 Å². The molecule has 0 fully saturated rings. The van der Waals surface area contributed by atoms with Gasteiger partial charge in [0.15, 0.2) is 0 Å². The fourth-order valence-electron chi connectivity index (χ4n) is 4.25. The van der Waals surface area contributed by atoms with Crippen LogP contribution in [-0.4, -0.2) is 24.3 Å². The molecule has 1 aromatic carbocycles. The Morgan fingerprint density at radius 1 is 0.958 bits per heavy atom. The molecule has 0 N–H and O–H groups in total. The third kappa shape index (κ3) is 4.17. The maximum absolute atomic E-state index is 11.9. The van der Waals surface area contributed by atoms with Gasteiger partial charge in [-0.1, -0.05) is 0 Å². The molecule has 0 saturated carbocycles. The van der Waals surface area contributed by atoms with Crippen molar-refractivity contribution in [3.05, 3.63) is 28.8 Å². The molecule has 1 heterocycles. The molecule has 0 unspecified atom stereocenters. The van der Waals surface area contributed by atoms with Crippen LogP contribution in [0.5, 0.6) is 0 Å². The van der Waals surface area contributed by atoms with Gasteiger partial charge in [-0.05, 0) is 0 Å². The zero-order valence-corrected chi connectivity index (χ0v) is 18.9. The van der Waals surface area contributed by atoms with E-state index in [2.05, 4.69) is 39.8 Å². The molecule has 0 amide bonds. The molecule has 1 aliphatic rings. The molecular formula is C21H34O2Sn. The number of hydrogen-bond donors (Lipinski definition) is 0. The van der Waals surface area contributed by atoms with Crippen LogP contribution in [-0.2, 0) is 11.3 Å². The number of unbranched alkanes of at least 4 members (excludes halogenated alkanes) is 3. The Morgan fingerprint density at radius 3 is 2.00 bits per heavy atom. The number of benzene rings is 1. The van der Waals surface area contributed by atoms with E-state index in [0.29, 0.717) is 6.61 Å². The summed E-state index contributed by atoms with van der Waals surface area (Å²) >= 11 is -2.42. The summed E-state index contributed by atoms with van der Waals surface area (Å²) in [5.74, 6) is -0.129. The first-order valence-corrected chi connectivity index (χ1v) is 17.4. The number of rotatable bonds is 10. The fourth-order valence-corrected chi connectivity index (χ4v) is 21.5. The normalized spacial score (nSPS) is 13.9. The third-order valence-electron chi connectivity index (χ3n) is 5.76. The number of carbonyl (C=O) groups is 1. The molecule has 2 nitrogen and oxygen atoms in total. The van der Waals surface area contributed by atoms with Gasteiger partial charge >= 0.3 is 152 Å². The summed E-state index contributed by atoms with van der Waals surface area (Å²) < 4.78 is 11.4. The Bertz CT molecular complexity index is 543. The number of hydrogen-bond acceptors (Lipinski definition) is 2. The van der Waals surface area contributed by atoms with E-state index in [-0.39, 0.29) is 5.97 Å². The standard InChI is InChI=1S/C9H7O2.3C4H9.Sn/c1-6-3-2-4-7-8(6)5-11-9(7)10;3*1-3-4-2;/h2,4H,5H2,1H3;3*1,3-4H2,2H3;. The number of ether oxygens (including phenoxy) is 1. The van der Waals surface area contributed by atoms with E-state index in [1.165, 1.54) is 63.0 Å². The van der Waals surface area contributed by atoms with E-state index < -0.39 is 18.4 Å². The number of esters is 1. The van der Waals surface area contributed by atoms with Gasteiger partial charge in [0, 0.05) is 0 Å². The maximum atomic E-state index is 11.9. The first-order valence-electron chi connectivity index (χ1n) is 9.89. The van der Waals surface area contributed by atoms with Crippen LogP contribution < -0.4 is 3.58 Å². The Kier molecular flexibility index (Phi) is 7.64. The molecule has 0 aromatic heterocycles. The molecule has 0 bridgehead atoms. The van der Waals surface area contributed by atoms with E-state index >= 15 is 0 Å². The van der Waals surface area contributed by atoms with Gasteiger partial charge in [-0.2, -0.15) is 0 Å². The van der Waals surface area contributed by atoms with Crippen molar-refractivity contribution in [2.75, 3.05) is 0 Å². The predicted octanol–water partition coefficient (Wildman–Crippen LogP) is 5.72. The average molecular weight is 437 g/mol. The minimum absolute atomic E-state index is 0.129. The Morgan fingerprint density at radius 2 is 1.50 bits per heavy atom. The number of fused-ring (bicyclic) bond motifs is 1. The molecule has 2 rings (SSSR count). The molecule has 24 heavy (non-hydrogen) atoms. The molecular weight excluding hydrogens is 403 g/mol. The van der Waals surface area contributed by atoms with Crippen molar-refractivity contribution >= 4 is 27.9 Å². The first kappa shape index (κ1) is 19.8. The second-order valence-corrected chi connectivity index (χ2v) is 20.6. The topological polar surface area (TPSA) is 26.3 Å². The van der Waals surface area contributed by atoms with Gasteiger partial charge in [0.25, 0.3) is 0 Å². The van der Waals surface area contributed by atoms with Crippen LogP contribution in [0.25, 0.3) is 0 Å². The Hall–Kier alpha value is -0.511. The molecule has 1 aromatic rings. The fraction of sp³-hybridized carbons (Fsp3) is 0.667. The monoisotopic (exact) mass is 438 g/mol. The van der Waals surface area contributed by atoms with Crippen molar-refractivity contribution in [3.8, 4) is 0 Å². The van der Waals surface area contributed by atoms with Crippen LogP contribution in [0, 0.1) is 6.92 Å². The van der Waals surface area contributed by atoms with Gasteiger partial charge in [-0.3, -0.25) is 0 Å². The molecule has 1 aliphatic heterocycles. The van der Waals surface area contributed by atoms with Crippen molar-refractivity contribution in [1.29, 1.82) is 0 Å². The summed E-state index contributed by atoms with van der Waals surface area (Å²) in [6.45, 7) is 9.70. The van der Waals surface area contributed by atoms with Crippen LogP contribution in [0.1, 0.15) is 80.8 Å². The molecule has 0 radical (unpaired) electrons. The summed E-state index contributed by atoms with van der Waals surface area (Å²) in [6.07, 6.45) is 7.99. The van der Waals surface area contributed by atoms with Crippen LogP contribution in [0.4, 0.5) is 0 Å². The van der Waals surface area contributed by atoms with Crippen molar-refractivity contribution in [2.24, 2.45) is 0 Å². The van der Waals surface area contributed by atoms with Gasteiger partial charge in [-0.25, -0.2) is 0 Å². The van der Waals surface area contributed by atoms with Crippen molar-refractivity contribution < 1.29 is 9.53 Å². The van der Waals surface area contributed by atoms with Crippen LogP contribution in [0.3, 0.4) is 0 Å². The number of cyclic esters (lactones) is 1. The first-order chi connectivity index (χ1) is 11.6. The average Bonchev–Trinajstić information content (AvgIpc) is 2.97.